The molecule has 0 bridgehead atoms. The maximum Gasteiger partial charge on any atom is 0.122 e. The predicted octanol–water partition coefficient (Wildman–Crippen LogP) is 4.00. The Kier molecular flexibility index (Phi) is 4.39. The average Bonchev–Trinajstić information content (AvgIpc) is 2.30. The third kappa shape index (κ3) is 3.29. The maximum absolute atomic E-state index is 9.17. The van der Waals surface area contributed by atoms with Gasteiger partial charge in [-0.2, -0.15) is 5.26 Å². The van der Waals surface area contributed by atoms with Gasteiger partial charge in [0.2, 0.25) is 0 Å². The van der Waals surface area contributed by atoms with E-state index in [1.165, 1.54) is 0 Å². The first kappa shape index (κ1) is 12.6. The number of anilines is 1. The van der Waals surface area contributed by atoms with Crippen LogP contribution in [0.4, 0.5) is 5.69 Å². The lowest BCUT2D eigenvalue weighted by Gasteiger charge is -2.24. The van der Waals surface area contributed by atoms with Gasteiger partial charge in [0.1, 0.15) is 5.54 Å². The molecule has 1 unspecified atom stereocenters. The fraction of sp³-hybridized carbons (Fsp3) is 0.308. The molecular weight excluding hydrogens is 220 g/mol. The molecule has 0 aliphatic carbocycles. The standard InChI is InChI=1S/C13H15ClN2/c1-3-4-9-13(2,10-15)16-12-8-6-5-7-11(12)14/h3,5-8,16H,1,4,9H2,2H3. The van der Waals surface area contributed by atoms with Gasteiger partial charge in [-0.15, -0.1) is 6.58 Å². The monoisotopic (exact) mass is 234 g/mol. The van der Waals surface area contributed by atoms with Gasteiger partial charge >= 0.3 is 0 Å². The van der Waals surface area contributed by atoms with Crippen LogP contribution >= 0.6 is 11.6 Å². The minimum absolute atomic E-state index is 0.612. The van der Waals surface area contributed by atoms with Gasteiger partial charge in [-0.3, -0.25) is 0 Å². The zero-order valence-electron chi connectivity index (χ0n) is 9.33. The van der Waals surface area contributed by atoms with E-state index in [0.29, 0.717) is 11.4 Å². The summed E-state index contributed by atoms with van der Waals surface area (Å²) in [6.07, 6.45) is 3.31. The summed E-state index contributed by atoms with van der Waals surface area (Å²) in [5, 5.41) is 13.0. The van der Waals surface area contributed by atoms with Gasteiger partial charge in [0.15, 0.2) is 0 Å². The fourth-order valence-corrected chi connectivity index (χ4v) is 1.58. The Balaban J connectivity index is 2.81. The van der Waals surface area contributed by atoms with E-state index in [-0.39, 0.29) is 0 Å². The molecule has 0 saturated carbocycles. The molecule has 0 heterocycles. The minimum atomic E-state index is -0.612. The summed E-state index contributed by atoms with van der Waals surface area (Å²) in [5.74, 6) is 0. The summed E-state index contributed by atoms with van der Waals surface area (Å²) in [6.45, 7) is 5.52. The molecule has 1 N–H and O–H groups in total. The van der Waals surface area contributed by atoms with Gasteiger partial charge in [0.25, 0.3) is 0 Å². The van der Waals surface area contributed by atoms with Gasteiger partial charge in [0.05, 0.1) is 16.8 Å². The first-order valence-corrected chi connectivity index (χ1v) is 5.54. The van der Waals surface area contributed by atoms with Crippen LogP contribution in [0.5, 0.6) is 0 Å². The van der Waals surface area contributed by atoms with Gasteiger partial charge in [-0.1, -0.05) is 29.8 Å². The number of allylic oxidation sites excluding steroid dienone is 1. The molecule has 0 aliphatic rings. The summed E-state index contributed by atoms with van der Waals surface area (Å²) in [7, 11) is 0. The highest BCUT2D eigenvalue weighted by atomic mass is 35.5. The highest BCUT2D eigenvalue weighted by Crippen LogP contribution is 2.26. The number of nitrogens with one attached hydrogen (secondary N) is 1. The molecule has 16 heavy (non-hydrogen) atoms. The second-order valence-corrected chi connectivity index (χ2v) is 4.28. The molecular formula is C13H15ClN2. The van der Waals surface area contributed by atoms with Gasteiger partial charge in [-0.25, -0.2) is 0 Å². The first-order valence-electron chi connectivity index (χ1n) is 5.16. The first-order chi connectivity index (χ1) is 7.61. The van der Waals surface area contributed by atoms with Crippen LogP contribution in [0.2, 0.25) is 5.02 Å². The van der Waals surface area contributed by atoms with Crippen LogP contribution in [-0.4, -0.2) is 5.54 Å². The normalized spacial score (nSPS) is 13.6. The summed E-state index contributed by atoms with van der Waals surface area (Å²) < 4.78 is 0. The minimum Gasteiger partial charge on any atom is -0.366 e. The molecule has 84 valence electrons. The van der Waals surface area contributed by atoms with Crippen molar-refractivity contribution in [2.45, 2.75) is 25.3 Å². The van der Waals surface area contributed by atoms with E-state index in [2.05, 4.69) is 18.0 Å². The molecule has 0 saturated heterocycles. The smallest absolute Gasteiger partial charge is 0.122 e. The van der Waals surface area contributed by atoms with Crippen molar-refractivity contribution in [1.29, 1.82) is 5.26 Å². The molecule has 0 fully saturated rings. The average molecular weight is 235 g/mol. The molecule has 0 radical (unpaired) electrons. The zero-order chi connectivity index (χ0) is 12.0. The summed E-state index contributed by atoms with van der Waals surface area (Å²) in [5.41, 5.74) is 0.177. The Labute approximate surface area is 102 Å². The Morgan fingerprint density at radius 1 is 1.56 bits per heavy atom. The van der Waals surface area contributed by atoms with Crippen LogP contribution in [0.25, 0.3) is 0 Å². The van der Waals surface area contributed by atoms with E-state index in [1.54, 1.807) is 6.07 Å². The molecule has 0 amide bonds. The van der Waals surface area contributed by atoms with Crippen molar-refractivity contribution in [1.82, 2.24) is 0 Å². The molecule has 0 aliphatic heterocycles. The number of rotatable bonds is 5. The maximum atomic E-state index is 9.17. The Hall–Kier alpha value is -1.46. The summed E-state index contributed by atoms with van der Waals surface area (Å²) in [4.78, 5) is 0. The number of nitriles is 1. The lowest BCUT2D eigenvalue weighted by molar-refractivity contribution is 0.596. The fourth-order valence-electron chi connectivity index (χ4n) is 1.40. The number of para-hydroxylation sites is 1. The molecule has 1 atom stereocenters. The van der Waals surface area contributed by atoms with Crippen molar-refractivity contribution < 1.29 is 0 Å². The second-order valence-electron chi connectivity index (χ2n) is 3.88. The molecule has 2 nitrogen and oxygen atoms in total. The van der Waals surface area contributed by atoms with Crippen molar-refractivity contribution in [2.75, 3.05) is 5.32 Å². The van der Waals surface area contributed by atoms with Crippen molar-refractivity contribution in [2.24, 2.45) is 0 Å². The van der Waals surface area contributed by atoms with E-state index in [0.717, 1.165) is 12.1 Å². The van der Waals surface area contributed by atoms with Crippen LogP contribution in [0.15, 0.2) is 36.9 Å². The molecule has 1 rings (SSSR count). The largest absolute Gasteiger partial charge is 0.366 e. The van der Waals surface area contributed by atoms with Crippen molar-refractivity contribution in [3.63, 3.8) is 0 Å². The van der Waals surface area contributed by atoms with Crippen LogP contribution in [-0.2, 0) is 0 Å². The van der Waals surface area contributed by atoms with E-state index < -0.39 is 5.54 Å². The van der Waals surface area contributed by atoms with Gasteiger partial charge in [0, 0.05) is 0 Å². The summed E-state index contributed by atoms with van der Waals surface area (Å²) in [6, 6.07) is 9.69. The van der Waals surface area contributed by atoms with Crippen molar-refractivity contribution >= 4 is 17.3 Å². The van der Waals surface area contributed by atoms with E-state index in [9.17, 15) is 5.26 Å². The molecule has 3 heteroatoms. The third-order valence-corrected chi connectivity index (χ3v) is 2.71. The number of nitrogens with zero attached hydrogens (tertiary/aromatic N) is 1. The Morgan fingerprint density at radius 3 is 2.81 bits per heavy atom. The Bertz CT molecular complexity index is 409. The molecule has 0 spiro atoms. The molecule has 1 aromatic carbocycles. The Morgan fingerprint density at radius 2 is 2.25 bits per heavy atom. The number of hydrogen-bond acceptors (Lipinski definition) is 2. The lowest BCUT2D eigenvalue weighted by Crippen LogP contribution is -2.32. The third-order valence-electron chi connectivity index (χ3n) is 2.38. The number of halogens is 1. The summed E-state index contributed by atoms with van der Waals surface area (Å²) >= 11 is 6.03. The second kappa shape index (κ2) is 5.58. The highest BCUT2D eigenvalue weighted by Gasteiger charge is 2.23. The van der Waals surface area contributed by atoms with Crippen LogP contribution < -0.4 is 5.32 Å². The highest BCUT2D eigenvalue weighted by molar-refractivity contribution is 6.33. The topological polar surface area (TPSA) is 35.8 Å². The number of hydrogen-bond donors (Lipinski definition) is 1. The predicted molar refractivity (Wildman–Crippen MR) is 68.5 cm³/mol. The van der Waals surface area contributed by atoms with E-state index in [4.69, 9.17) is 11.6 Å². The van der Waals surface area contributed by atoms with Crippen LogP contribution in [0.1, 0.15) is 19.8 Å². The van der Waals surface area contributed by atoms with E-state index in [1.807, 2.05) is 31.2 Å². The van der Waals surface area contributed by atoms with Gasteiger partial charge < -0.3 is 5.32 Å². The quantitative estimate of drug-likeness (QED) is 0.782. The van der Waals surface area contributed by atoms with E-state index >= 15 is 0 Å². The number of benzene rings is 1. The molecule has 0 aromatic heterocycles. The lowest BCUT2D eigenvalue weighted by atomic mass is 9.97. The zero-order valence-corrected chi connectivity index (χ0v) is 10.1. The SMILES string of the molecule is C=CCCC(C)(C#N)Nc1ccccc1Cl. The van der Waals surface area contributed by atoms with Crippen LogP contribution in [0, 0.1) is 11.3 Å². The molecule has 1 aromatic rings. The van der Waals surface area contributed by atoms with Crippen LogP contribution in [0.3, 0.4) is 0 Å². The van der Waals surface area contributed by atoms with Crippen molar-refractivity contribution in [3.05, 3.63) is 41.9 Å². The van der Waals surface area contributed by atoms with Crippen molar-refractivity contribution in [3.8, 4) is 6.07 Å². The van der Waals surface area contributed by atoms with Gasteiger partial charge in [-0.05, 0) is 31.9 Å².